The summed E-state index contributed by atoms with van der Waals surface area (Å²) in [7, 11) is -3.50. The van der Waals surface area contributed by atoms with Crippen LogP contribution in [-0.2, 0) is 10.0 Å². The van der Waals surface area contributed by atoms with Crippen LogP contribution in [0.5, 0.6) is 0 Å². The number of aryl methyl sites for hydroxylation is 1. The van der Waals surface area contributed by atoms with Gasteiger partial charge in [0.25, 0.3) is 0 Å². The number of nitrogens with one attached hydrogen (secondary N) is 1. The van der Waals surface area contributed by atoms with Crippen LogP contribution in [0.15, 0.2) is 35.7 Å². The summed E-state index contributed by atoms with van der Waals surface area (Å²) < 4.78 is 26.4. The summed E-state index contributed by atoms with van der Waals surface area (Å²) in [5, 5.41) is 0. The smallest absolute Gasteiger partial charge is 0.241 e. The second-order valence-corrected chi connectivity index (χ2v) is 5.35. The SMILES string of the molecule is C=CC(C)NS(=O)(=O)c1ccc(N)cc1C. The number of benzene rings is 1. The van der Waals surface area contributed by atoms with Crippen molar-refractivity contribution in [3.8, 4) is 0 Å². The Balaban J connectivity index is 3.12. The Morgan fingerprint density at radius 3 is 2.62 bits per heavy atom. The number of rotatable bonds is 4. The van der Waals surface area contributed by atoms with Crippen molar-refractivity contribution < 1.29 is 8.42 Å². The predicted octanol–water partition coefficient (Wildman–Crippen LogP) is 1.43. The number of sulfonamides is 1. The second-order valence-electron chi connectivity index (χ2n) is 3.67. The van der Waals surface area contributed by atoms with Gasteiger partial charge in [0.05, 0.1) is 4.90 Å². The predicted molar refractivity (Wildman–Crippen MR) is 65.6 cm³/mol. The maximum Gasteiger partial charge on any atom is 0.241 e. The lowest BCUT2D eigenvalue weighted by molar-refractivity contribution is 0.575. The fraction of sp³-hybridized carbons (Fsp3) is 0.273. The normalized spacial score (nSPS) is 13.4. The van der Waals surface area contributed by atoms with E-state index >= 15 is 0 Å². The molecular formula is C11H16N2O2S. The van der Waals surface area contributed by atoms with Gasteiger partial charge in [0.1, 0.15) is 0 Å². The van der Waals surface area contributed by atoms with Gasteiger partial charge < -0.3 is 5.73 Å². The van der Waals surface area contributed by atoms with Crippen LogP contribution < -0.4 is 10.5 Å². The van der Waals surface area contributed by atoms with Gasteiger partial charge in [-0.1, -0.05) is 6.08 Å². The molecular weight excluding hydrogens is 224 g/mol. The van der Waals surface area contributed by atoms with E-state index in [0.29, 0.717) is 11.3 Å². The van der Waals surface area contributed by atoms with Crippen LogP contribution >= 0.6 is 0 Å². The van der Waals surface area contributed by atoms with Gasteiger partial charge in [-0.2, -0.15) is 0 Å². The largest absolute Gasteiger partial charge is 0.399 e. The molecule has 1 aromatic rings. The molecule has 0 heterocycles. The zero-order valence-electron chi connectivity index (χ0n) is 9.40. The van der Waals surface area contributed by atoms with Crippen LogP contribution in [-0.4, -0.2) is 14.5 Å². The molecule has 0 amide bonds. The Bertz CT molecular complexity index is 495. The van der Waals surface area contributed by atoms with Crippen LogP contribution in [0.25, 0.3) is 0 Å². The van der Waals surface area contributed by atoms with Crippen LogP contribution in [0.1, 0.15) is 12.5 Å². The Kier molecular flexibility index (Phi) is 3.72. The van der Waals surface area contributed by atoms with E-state index in [1.165, 1.54) is 12.1 Å². The summed E-state index contributed by atoms with van der Waals surface area (Å²) in [5.74, 6) is 0. The van der Waals surface area contributed by atoms with Crippen molar-refractivity contribution >= 4 is 15.7 Å². The third kappa shape index (κ3) is 2.84. The highest BCUT2D eigenvalue weighted by molar-refractivity contribution is 7.89. The quantitative estimate of drug-likeness (QED) is 0.617. The molecule has 16 heavy (non-hydrogen) atoms. The Morgan fingerprint density at radius 2 is 2.12 bits per heavy atom. The zero-order chi connectivity index (χ0) is 12.3. The molecule has 0 fully saturated rings. The fourth-order valence-corrected chi connectivity index (χ4v) is 2.77. The lowest BCUT2D eigenvalue weighted by atomic mass is 10.2. The summed E-state index contributed by atoms with van der Waals surface area (Å²) >= 11 is 0. The van der Waals surface area contributed by atoms with Gasteiger partial charge in [0.2, 0.25) is 10.0 Å². The van der Waals surface area contributed by atoms with Gasteiger partial charge in [-0.05, 0) is 37.6 Å². The summed E-state index contributed by atoms with van der Waals surface area (Å²) in [6, 6.07) is 4.40. The summed E-state index contributed by atoms with van der Waals surface area (Å²) in [6.07, 6.45) is 1.53. The molecule has 0 saturated carbocycles. The average Bonchev–Trinajstić information content (AvgIpc) is 2.16. The monoisotopic (exact) mass is 240 g/mol. The molecule has 1 aromatic carbocycles. The first-order chi connectivity index (χ1) is 7.36. The molecule has 0 aliphatic heterocycles. The van der Waals surface area contributed by atoms with Crippen molar-refractivity contribution in [3.63, 3.8) is 0 Å². The number of nitrogens with two attached hydrogens (primary N) is 1. The van der Waals surface area contributed by atoms with Gasteiger partial charge >= 0.3 is 0 Å². The molecule has 0 aliphatic carbocycles. The number of anilines is 1. The lowest BCUT2D eigenvalue weighted by Crippen LogP contribution is -2.31. The van der Waals surface area contributed by atoms with Crippen LogP contribution in [0, 0.1) is 6.92 Å². The molecule has 0 radical (unpaired) electrons. The average molecular weight is 240 g/mol. The maximum absolute atomic E-state index is 11.9. The standard InChI is InChI=1S/C11H16N2O2S/c1-4-9(3)13-16(14,15)11-6-5-10(12)7-8(11)2/h4-7,9,13H,1,12H2,2-3H3. The highest BCUT2D eigenvalue weighted by Gasteiger charge is 2.17. The van der Waals surface area contributed by atoms with Gasteiger partial charge in [-0.3, -0.25) is 0 Å². The van der Waals surface area contributed by atoms with Crippen LogP contribution in [0.2, 0.25) is 0 Å². The van der Waals surface area contributed by atoms with E-state index in [0.717, 1.165) is 0 Å². The van der Waals surface area contributed by atoms with Crippen molar-refractivity contribution in [2.75, 3.05) is 5.73 Å². The Labute approximate surface area is 96.2 Å². The van der Waals surface area contributed by atoms with E-state index in [-0.39, 0.29) is 10.9 Å². The first-order valence-electron chi connectivity index (χ1n) is 4.88. The van der Waals surface area contributed by atoms with Crippen molar-refractivity contribution in [1.29, 1.82) is 0 Å². The Hall–Kier alpha value is -1.33. The highest BCUT2D eigenvalue weighted by Crippen LogP contribution is 2.17. The Morgan fingerprint density at radius 1 is 1.50 bits per heavy atom. The van der Waals surface area contributed by atoms with Crippen LogP contribution in [0.3, 0.4) is 0 Å². The van der Waals surface area contributed by atoms with Crippen LogP contribution in [0.4, 0.5) is 5.69 Å². The van der Waals surface area contributed by atoms with Crippen molar-refractivity contribution in [2.24, 2.45) is 0 Å². The minimum Gasteiger partial charge on any atom is -0.399 e. The molecule has 1 rings (SSSR count). The van der Waals surface area contributed by atoms with Gasteiger partial charge in [0, 0.05) is 11.7 Å². The molecule has 1 unspecified atom stereocenters. The molecule has 5 heteroatoms. The first-order valence-corrected chi connectivity index (χ1v) is 6.36. The van der Waals surface area contributed by atoms with E-state index < -0.39 is 10.0 Å². The minimum atomic E-state index is -3.50. The van der Waals surface area contributed by atoms with Crippen molar-refractivity contribution in [1.82, 2.24) is 4.72 Å². The summed E-state index contributed by atoms with van der Waals surface area (Å²) in [4.78, 5) is 0.246. The van der Waals surface area contributed by atoms with Crippen molar-refractivity contribution in [3.05, 3.63) is 36.4 Å². The van der Waals surface area contributed by atoms with Gasteiger partial charge in [-0.15, -0.1) is 6.58 Å². The molecule has 88 valence electrons. The summed E-state index contributed by atoms with van der Waals surface area (Å²) in [6.45, 7) is 6.96. The first kappa shape index (κ1) is 12.7. The van der Waals surface area contributed by atoms with Gasteiger partial charge in [0.15, 0.2) is 0 Å². The molecule has 0 aliphatic rings. The van der Waals surface area contributed by atoms with E-state index in [9.17, 15) is 8.42 Å². The van der Waals surface area contributed by atoms with Crippen molar-refractivity contribution in [2.45, 2.75) is 24.8 Å². The molecule has 3 N–H and O–H groups in total. The minimum absolute atomic E-state index is 0.246. The lowest BCUT2D eigenvalue weighted by Gasteiger charge is -2.12. The highest BCUT2D eigenvalue weighted by atomic mass is 32.2. The summed E-state index contributed by atoms with van der Waals surface area (Å²) in [5.41, 5.74) is 6.74. The molecule has 0 saturated heterocycles. The fourth-order valence-electron chi connectivity index (χ4n) is 1.33. The third-order valence-electron chi connectivity index (χ3n) is 2.18. The maximum atomic E-state index is 11.9. The molecule has 0 bridgehead atoms. The number of hydrogen-bond acceptors (Lipinski definition) is 3. The van der Waals surface area contributed by atoms with E-state index in [2.05, 4.69) is 11.3 Å². The third-order valence-corrected chi connectivity index (χ3v) is 3.90. The molecule has 0 aromatic heterocycles. The molecule has 0 spiro atoms. The van der Waals surface area contributed by atoms with E-state index in [4.69, 9.17) is 5.73 Å². The van der Waals surface area contributed by atoms with E-state index in [1.54, 1.807) is 26.0 Å². The number of nitrogen functional groups attached to an aromatic ring is 1. The van der Waals surface area contributed by atoms with E-state index in [1.807, 2.05) is 0 Å². The molecule has 4 nitrogen and oxygen atoms in total. The molecule has 1 atom stereocenters. The van der Waals surface area contributed by atoms with Gasteiger partial charge in [-0.25, -0.2) is 13.1 Å². The second kappa shape index (κ2) is 4.67. The zero-order valence-corrected chi connectivity index (χ0v) is 10.2. The number of hydrogen-bond donors (Lipinski definition) is 2. The topological polar surface area (TPSA) is 72.2 Å².